The van der Waals surface area contributed by atoms with Crippen LogP contribution in [0, 0.1) is 6.92 Å². The average Bonchev–Trinajstić information content (AvgIpc) is 2.50. The summed E-state index contributed by atoms with van der Waals surface area (Å²) >= 11 is 0. The van der Waals surface area contributed by atoms with Crippen LogP contribution in [-0.4, -0.2) is 27.1 Å². The molecule has 140 valence electrons. The summed E-state index contributed by atoms with van der Waals surface area (Å²) in [6, 6.07) is 8.44. The van der Waals surface area contributed by atoms with E-state index in [1.54, 1.807) is 6.33 Å². The number of rotatable bonds is 4. The number of anilines is 4. The lowest BCUT2D eigenvalue weighted by Gasteiger charge is -2.46. The van der Waals surface area contributed by atoms with Gasteiger partial charge in [0.15, 0.2) is 11.6 Å². The van der Waals surface area contributed by atoms with Crippen molar-refractivity contribution in [2.75, 3.05) is 16.4 Å². The van der Waals surface area contributed by atoms with E-state index in [4.69, 9.17) is 5.73 Å². The maximum Gasteiger partial charge on any atom is 0.159 e. The molecule has 0 radical (unpaired) electrons. The van der Waals surface area contributed by atoms with Gasteiger partial charge < -0.3 is 21.7 Å². The molecule has 0 unspecified atom stereocenters. The zero-order valence-electron chi connectivity index (χ0n) is 16.4. The zero-order chi connectivity index (χ0) is 18.9. The molecule has 0 aliphatic carbocycles. The van der Waals surface area contributed by atoms with Crippen LogP contribution in [0.3, 0.4) is 0 Å². The first-order valence-electron chi connectivity index (χ1n) is 9.14. The molecule has 5 N–H and O–H groups in total. The molecule has 26 heavy (non-hydrogen) atoms. The molecule has 3 rings (SSSR count). The Bertz CT molecular complexity index is 750. The third-order valence-electron chi connectivity index (χ3n) is 4.73. The largest absolute Gasteiger partial charge is 0.393 e. The van der Waals surface area contributed by atoms with Crippen LogP contribution in [0.15, 0.2) is 30.6 Å². The first-order valence-corrected chi connectivity index (χ1v) is 9.14. The molecule has 1 aliphatic rings. The second-order valence-corrected chi connectivity index (χ2v) is 8.62. The van der Waals surface area contributed by atoms with Crippen molar-refractivity contribution in [1.29, 1.82) is 0 Å². The Morgan fingerprint density at radius 2 is 1.58 bits per heavy atom. The van der Waals surface area contributed by atoms with Crippen LogP contribution < -0.4 is 21.7 Å². The predicted molar refractivity (Wildman–Crippen MR) is 109 cm³/mol. The van der Waals surface area contributed by atoms with E-state index in [9.17, 15) is 0 Å². The van der Waals surface area contributed by atoms with E-state index in [0.717, 1.165) is 18.5 Å². The summed E-state index contributed by atoms with van der Waals surface area (Å²) in [4.78, 5) is 8.68. The highest BCUT2D eigenvalue weighted by Gasteiger charge is 2.37. The van der Waals surface area contributed by atoms with Crippen molar-refractivity contribution in [3.63, 3.8) is 0 Å². The molecule has 1 aromatic heterocycles. The molecule has 1 aromatic carbocycles. The van der Waals surface area contributed by atoms with Crippen LogP contribution in [0.5, 0.6) is 0 Å². The van der Waals surface area contributed by atoms with Crippen LogP contribution in [0.1, 0.15) is 46.1 Å². The molecule has 6 heteroatoms. The summed E-state index contributed by atoms with van der Waals surface area (Å²) in [5.74, 6) is 1.31. The minimum Gasteiger partial charge on any atom is -0.393 e. The van der Waals surface area contributed by atoms with Gasteiger partial charge in [0.05, 0.1) is 0 Å². The Balaban J connectivity index is 1.77. The van der Waals surface area contributed by atoms with Gasteiger partial charge in [0.25, 0.3) is 0 Å². The second kappa shape index (κ2) is 6.76. The number of hydrogen-bond donors (Lipinski definition) is 4. The molecule has 0 amide bonds. The van der Waals surface area contributed by atoms with Crippen LogP contribution in [0.25, 0.3) is 0 Å². The zero-order valence-corrected chi connectivity index (χ0v) is 16.4. The normalized spacial score (nSPS) is 19.1. The maximum absolute atomic E-state index is 6.35. The van der Waals surface area contributed by atoms with Gasteiger partial charge in [0.2, 0.25) is 0 Å². The number of hydrogen-bond acceptors (Lipinski definition) is 6. The standard InChI is InChI=1S/C20H30N6/c1-13-6-8-14(9-7-13)24-17-16(21)18(23-12-22-17)25-15-10-19(2,3)26-20(4,5)11-15/h6-9,12,15,26H,10-11,21H2,1-5H3,(H2,22,23,24,25). The third-order valence-corrected chi connectivity index (χ3v) is 4.73. The lowest BCUT2D eigenvalue weighted by atomic mass is 9.79. The molecule has 1 fully saturated rings. The highest BCUT2D eigenvalue weighted by Crippen LogP contribution is 2.32. The molecule has 0 atom stereocenters. The summed E-state index contributed by atoms with van der Waals surface area (Å²) in [6.07, 6.45) is 3.55. The molecule has 0 bridgehead atoms. The Kier molecular flexibility index (Phi) is 4.80. The van der Waals surface area contributed by atoms with E-state index >= 15 is 0 Å². The van der Waals surface area contributed by atoms with Gasteiger partial charge in [0.1, 0.15) is 12.0 Å². The lowest BCUT2D eigenvalue weighted by Crippen LogP contribution is -2.60. The van der Waals surface area contributed by atoms with Crippen molar-refractivity contribution in [1.82, 2.24) is 15.3 Å². The number of nitrogen functional groups attached to an aromatic ring is 1. The molecule has 1 aliphatic heterocycles. The monoisotopic (exact) mass is 354 g/mol. The lowest BCUT2D eigenvalue weighted by molar-refractivity contribution is 0.170. The van der Waals surface area contributed by atoms with Gasteiger partial charge in [-0.1, -0.05) is 17.7 Å². The van der Waals surface area contributed by atoms with Gasteiger partial charge in [-0.15, -0.1) is 0 Å². The summed E-state index contributed by atoms with van der Waals surface area (Å²) < 4.78 is 0. The number of nitrogens with two attached hydrogens (primary N) is 1. The van der Waals surface area contributed by atoms with Crippen LogP contribution in [0.2, 0.25) is 0 Å². The van der Waals surface area contributed by atoms with Gasteiger partial charge in [-0.2, -0.15) is 0 Å². The highest BCUT2D eigenvalue weighted by atomic mass is 15.1. The van der Waals surface area contributed by atoms with Crippen molar-refractivity contribution in [3.05, 3.63) is 36.2 Å². The minimum absolute atomic E-state index is 0.0597. The molecular formula is C20H30N6. The van der Waals surface area contributed by atoms with Crippen molar-refractivity contribution in [2.45, 2.75) is 64.6 Å². The van der Waals surface area contributed by atoms with E-state index in [1.165, 1.54) is 5.56 Å². The first-order chi connectivity index (χ1) is 12.1. The van der Waals surface area contributed by atoms with Crippen molar-refractivity contribution in [2.24, 2.45) is 0 Å². The summed E-state index contributed by atoms with van der Waals surface area (Å²) in [6.45, 7) is 11.0. The average molecular weight is 355 g/mol. The quantitative estimate of drug-likeness (QED) is 0.667. The fourth-order valence-electron chi connectivity index (χ4n) is 4.00. The molecule has 2 aromatic rings. The summed E-state index contributed by atoms with van der Waals surface area (Å²) in [7, 11) is 0. The van der Waals surface area contributed by atoms with Crippen molar-refractivity contribution in [3.8, 4) is 0 Å². The Morgan fingerprint density at radius 1 is 1.00 bits per heavy atom. The van der Waals surface area contributed by atoms with E-state index < -0.39 is 0 Å². The highest BCUT2D eigenvalue weighted by molar-refractivity contribution is 5.77. The van der Waals surface area contributed by atoms with E-state index in [0.29, 0.717) is 23.4 Å². The Hall–Kier alpha value is -2.34. The summed E-state index contributed by atoms with van der Waals surface area (Å²) in [5, 5.41) is 10.5. The number of nitrogens with zero attached hydrogens (tertiary/aromatic N) is 2. The smallest absolute Gasteiger partial charge is 0.159 e. The van der Waals surface area contributed by atoms with Gasteiger partial charge in [0, 0.05) is 22.8 Å². The Morgan fingerprint density at radius 3 is 2.19 bits per heavy atom. The van der Waals surface area contributed by atoms with Gasteiger partial charge in [-0.05, 0) is 59.6 Å². The van der Waals surface area contributed by atoms with Crippen molar-refractivity contribution < 1.29 is 0 Å². The van der Waals surface area contributed by atoms with Crippen LogP contribution in [-0.2, 0) is 0 Å². The number of aryl methyl sites for hydroxylation is 1. The van der Waals surface area contributed by atoms with Gasteiger partial charge >= 0.3 is 0 Å². The molecule has 2 heterocycles. The SMILES string of the molecule is Cc1ccc(Nc2ncnc(NC3CC(C)(C)NC(C)(C)C3)c2N)cc1. The molecule has 0 saturated carbocycles. The number of nitrogens with one attached hydrogen (secondary N) is 3. The number of piperidine rings is 1. The van der Waals surface area contributed by atoms with Crippen molar-refractivity contribution >= 4 is 23.0 Å². The first kappa shape index (κ1) is 18.5. The number of aromatic nitrogens is 2. The second-order valence-electron chi connectivity index (χ2n) is 8.62. The fourth-order valence-corrected chi connectivity index (χ4v) is 4.00. The predicted octanol–water partition coefficient (Wildman–Crippen LogP) is 3.83. The van der Waals surface area contributed by atoms with E-state index in [2.05, 4.69) is 72.7 Å². The minimum atomic E-state index is 0.0597. The van der Waals surface area contributed by atoms with Crippen LogP contribution in [0.4, 0.5) is 23.0 Å². The molecule has 0 spiro atoms. The summed E-state index contributed by atoms with van der Waals surface area (Å²) in [5.41, 5.74) is 9.18. The topological polar surface area (TPSA) is 87.9 Å². The Labute approximate surface area is 156 Å². The molecule has 6 nitrogen and oxygen atoms in total. The van der Waals surface area contributed by atoms with E-state index in [1.807, 2.05) is 12.1 Å². The van der Waals surface area contributed by atoms with Crippen LogP contribution >= 0.6 is 0 Å². The fraction of sp³-hybridized carbons (Fsp3) is 0.500. The number of benzene rings is 1. The molecular weight excluding hydrogens is 324 g/mol. The maximum atomic E-state index is 6.35. The third kappa shape index (κ3) is 4.43. The van der Waals surface area contributed by atoms with E-state index in [-0.39, 0.29) is 11.1 Å². The molecule has 1 saturated heterocycles. The van der Waals surface area contributed by atoms with Gasteiger partial charge in [-0.3, -0.25) is 0 Å². The van der Waals surface area contributed by atoms with Gasteiger partial charge in [-0.25, -0.2) is 9.97 Å².